The molecule has 1 heterocycles. The monoisotopic (exact) mass is 369 g/mol. The molecule has 0 unspecified atom stereocenters. The highest BCUT2D eigenvalue weighted by Crippen LogP contribution is 2.24. The topological polar surface area (TPSA) is 35.6 Å². The first kappa shape index (κ1) is 19.4. The number of para-hydroxylation sites is 1. The molecule has 4 nitrogen and oxygen atoms in total. The van der Waals surface area contributed by atoms with E-state index in [0.29, 0.717) is 5.92 Å². The number of nitrogens with zero attached hydrogens (tertiary/aromatic N) is 2. The highest BCUT2D eigenvalue weighted by molar-refractivity contribution is 5.95. The number of hydrogen-bond donors (Lipinski definition) is 1. The van der Waals surface area contributed by atoms with Gasteiger partial charge >= 0.3 is 0 Å². The molecule has 1 N–H and O–H groups in total. The molecule has 0 bridgehead atoms. The Bertz CT molecular complexity index is 767. The lowest BCUT2D eigenvalue weighted by molar-refractivity contribution is -0.120. The minimum absolute atomic E-state index is 0.0262. The maximum atomic E-state index is 13.1. The molecule has 1 fully saturated rings. The van der Waals surface area contributed by atoms with Gasteiger partial charge in [0.2, 0.25) is 5.91 Å². The van der Waals surface area contributed by atoms with Crippen LogP contribution in [-0.2, 0) is 4.79 Å². The van der Waals surface area contributed by atoms with Crippen molar-refractivity contribution in [3.8, 4) is 0 Å². The lowest BCUT2D eigenvalue weighted by Crippen LogP contribution is -2.52. The van der Waals surface area contributed by atoms with Gasteiger partial charge in [-0.05, 0) is 48.7 Å². The van der Waals surface area contributed by atoms with Gasteiger partial charge in [0.05, 0.1) is 6.04 Å². The zero-order valence-electron chi connectivity index (χ0n) is 16.3. The van der Waals surface area contributed by atoms with Crippen molar-refractivity contribution in [3.63, 3.8) is 0 Å². The Morgan fingerprint density at radius 3 is 2.22 bits per heavy atom. The van der Waals surface area contributed by atoms with Crippen LogP contribution in [0.5, 0.6) is 0 Å². The number of nitrogens with one attached hydrogen (secondary N) is 1. The zero-order chi connectivity index (χ0) is 19.4. The van der Waals surface area contributed by atoms with Gasteiger partial charge in [0.25, 0.3) is 0 Å². The average molecular weight is 369 g/mol. The molecule has 0 spiro atoms. The molecule has 1 aliphatic heterocycles. The molecule has 0 radical (unpaired) electrons. The molecular weight excluding hydrogens is 341 g/mol. The molecule has 5 heteroatoms. The maximum Gasteiger partial charge on any atom is 0.241 e. The first-order valence-electron chi connectivity index (χ1n) is 9.60. The summed E-state index contributed by atoms with van der Waals surface area (Å²) in [6.07, 6.45) is 0. The fourth-order valence-electron chi connectivity index (χ4n) is 3.54. The van der Waals surface area contributed by atoms with Gasteiger partial charge in [-0.1, -0.05) is 32.0 Å². The van der Waals surface area contributed by atoms with Crippen LogP contribution in [0, 0.1) is 5.82 Å². The van der Waals surface area contributed by atoms with Gasteiger partial charge in [-0.3, -0.25) is 9.69 Å². The molecule has 0 saturated carbocycles. The molecule has 0 aliphatic carbocycles. The van der Waals surface area contributed by atoms with Crippen molar-refractivity contribution in [2.45, 2.75) is 32.7 Å². The minimum atomic E-state index is -0.218. The van der Waals surface area contributed by atoms with Crippen LogP contribution in [0.2, 0.25) is 0 Å². The number of hydrogen-bond acceptors (Lipinski definition) is 3. The van der Waals surface area contributed by atoms with Crippen LogP contribution in [0.25, 0.3) is 0 Å². The smallest absolute Gasteiger partial charge is 0.241 e. The number of anilines is 2. The average Bonchev–Trinajstić information content (AvgIpc) is 2.68. The summed E-state index contributed by atoms with van der Waals surface area (Å²) >= 11 is 0. The van der Waals surface area contributed by atoms with Gasteiger partial charge in [0.15, 0.2) is 0 Å². The minimum Gasteiger partial charge on any atom is -0.369 e. The fourth-order valence-corrected chi connectivity index (χ4v) is 3.54. The van der Waals surface area contributed by atoms with Crippen LogP contribution in [0.1, 0.15) is 32.3 Å². The van der Waals surface area contributed by atoms with E-state index in [1.54, 1.807) is 0 Å². The number of benzene rings is 2. The molecule has 3 rings (SSSR count). The SMILES string of the molecule is CC(C)c1ccccc1NC(=O)[C@H](C)N1CCN(c2ccc(F)cc2)CC1. The number of carbonyl (C=O) groups is 1. The van der Waals surface area contributed by atoms with Crippen molar-refractivity contribution < 1.29 is 9.18 Å². The predicted molar refractivity (Wildman–Crippen MR) is 109 cm³/mol. The van der Waals surface area contributed by atoms with E-state index < -0.39 is 0 Å². The summed E-state index contributed by atoms with van der Waals surface area (Å²) in [7, 11) is 0. The van der Waals surface area contributed by atoms with E-state index in [0.717, 1.165) is 43.1 Å². The molecule has 1 aliphatic rings. The van der Waals surface area contributed by atoms with E-state index in [9.17, 15) is 9.18 Å². The van der Waals surface area contributed by atoms with Crippen LogP contribution in [0.4, 0.5) is 15.8 Å². The summed E-state index contributed by atoms with van der Waals surface area (Å²) in [5, 5.41) is 3.10. The van der Waals surface area contributed by atoms with Crippen LogP contribution in [0.15, 0.2) is 48.5 Å². The number of piperazine rings is 1. The van der Waals surface area contributed by atoms with Crippen molar-refractivity contribution in [1.29, 1.82) is 0 Å². The van der Waals surface area contributed by atoms with Crippen molar-refractivity contribution in [1.82, 2.24) is 4.90 Å². The largest absolute Gasteiger partial charge is 0.369 e. The lowest BCUT2D eigenvalue weighted by atomic mass is 10.0. The molecule has 1 saturated heterocycles. The normalized spacial score (nSPS) is 16.4. The lowest BCUT2D eigenvalue weighted by Gasteiger charge is -2.38. The van der Waals surface area contributed by atoms with Crippen molar-refractivity contribution in [2.75, 3.05) is 36.4 Å². The van der Waals surface area contributed by atoms with Crippen molar-refractivity contribution in [2.24, 2.45) is 0 Å². The van der Waals surface area contributed by atoms with Gasteiger partial charge < -0.3 is 10.2 Å². The standard InChI is InChI=1S/C22H28FN3O/c1-16(2)20-6-4-5-7-21(20)24-22(27)17(3)25-12-14-26(15-13-25)19-10-8-18(23)9-11-19/h4-11,16-17H,12-15H2,1-3H3,(H,24,27)/t17-/m0/s1. The molecule has 0 aromatic heterocycles. The third-order valence-corrected chi connectivity index (χ3v) is 5.27. The van der Waals surface area contributed by atoms with E-state index in [1.165, 1.54) is 12.1 Å². The summed E-state index contributed by atoms with van der Waals surface area (Å²) in [6.45, 7) is 9.47. The molecule has 2 aromatic rings. The Balaban J connectivity index is 1.58. The quantitative estimate of drug-likeness (QED) is 0.862. The number of carbonyl (C=O) groups excluding carboxylic acids is 1. The first-order valence-corrected chi connectivity index (χ1v) is 9.60. The summed E-state index contributed by atoms with van der Waals surface area (Å²) in [6, 6.07) is 14.4. The summed E-state index contributed by atoms with van der Waals surface area (Å²) in [5.41, 5.74) is 3.08. The van der Waals surface area contributed by atoms with E-state index >= 15 is 0 Å². The van der Waals surface area contributed by atoms with Gasteiger partial charge in [0.1, 0.15) is 5.82 Å². The van der Waals surface area contributed by atoms with Gasteiger partial charge in [0, 0.05) is 37.6 Å². The summed E-state index contributed by atoms with van der Waals surface area (Å²) < 4.78 is 13.1. The Hall–Kier alpha value is -2.40. The third-order valence-electron chi connectivity index (χ3n) is 5.27. The second-order valence-electron chi connectivity index (χ2n) is 7.41. The van der Waals surface area contributed by atoms with Crippen molar-refractivity contribution in [3.05, 3.63) is 59.9 Å². The molecular formula is C22H28FN3O. The van der Waals surface area contributed by atoms with Crippen LogP contribution >= 0.6 is 0 Å². The van der Waals surface area contributed by atoms with Gasteiger partial charge in [-0.25, -0.2) is 4.39 Å². The highest BCUT2D eigenvalue weighted by Gasteiger charge is 2.26. The van der Waals surface area contributed by atoms with E-state index in [-0.39, 0.29) is 17.8 Å². The Kier molecular flexibility index (Phi) is 6.11. The molecule has 1 atom stereocenters. The van der Waals surface area contributed by atoms with Crippen LogP contribution in [0.3, 0.4) is 0 Å². The van der Waals surface area contributed by atoms with E-state index in [4.69, 9.17) is 0 Å². The van der Waals surface area contributed by atoms with E-state index in [1.807, 2.05) is 37.3 Å². The van der Waals surface area contributed by atoms with Crippen LogP contribution < -0.4 is 10.2 Å². The number of rotatable bonds is 5. The van der Waals surface area contributed by atoms with E-state index in [2.05, 4.69) is 35.0 Å². The predicted octanol–water partition coefficient (Wildman–Crippen LogP) is 4.10. The van der Waals surface area contributed by atoms with Gasteiger partial charge in [-0.2, -0.15) is 0 Å². The Morgan fingerprint density at radius 1 is 0.963 bits per heavy atom. The second kappa shape index (κ2) is 8.53. The molecule has 2 aromatic carbocycles. The first-order chi connectivity index (χ1) is 13.0. The van der Waals surface area contributed by atoms with Crippen molar-refractivity contribution >= 4 is 17.3 Å². The summed E-state index contributed by atoms with van der Waals surface area (Å²) in [5.74, 6) is 0.166. The summed E-state index contributed by atoms with van der Waals surface area (Å²) in [4.78, 5) is 17.2. The third kappa shape index (κ3) is 4.66. The fraction of sp³-hybridized carbons (Fsp3) is 0.409. The Labute approximate surface area is 161 Å². The second-order valence-corrected chi connectivity index (χ2v) is 7.41. The number of halogens is 1. The van der Waals surface area contributed by atoms with Gasteiger partial charge in [-0.15, -0.1) is 0 Å². The Morgan fingerprint density at radius 2 is 1.59 bits per heavy atom. The zero-order valence-corrected chi connectivity index (χ0v) is 16.3. The number of amides is 1. The molecule has 144 valence electrons. The molecule has 1 amide bonds. The maximum absolute atomic E-state index is 13.1. The van der Waals surface area contributed by atoms with Crippen LogP contribution in [-0.4, -0.2) is 43.0 Å². The molecule has 27 heavy (non-hydrogen) atoms. The highest BCUT2D eigenvalue weighted by atomic mass is 19.1.